The van der Waals surface area contributed by atoms with Crippen LogP contribution >= 0.6 is 0 Å². The van der Waals surface area contributed by atoms with Crippen LogP contribution in [0.25, 0.3) is 10.9 Å². The van der Waals surface area contributed by atoms with Crippen LogP contribution in [0.4, 0.5) is 0 Å². The van der Waals surface area contributed by atoms with Gasteiger partial charge >= 0.3 is 0 Å². The lowest BCUT2D eigenvalue weighted by Crippen LogP contribution is -2.30. The largest absolute Gasteiger partial charge is 0.346 e. The molecule has 0 aliphatic heterocycles. The Morgan fingerprint density at radius 3 is 3.00 bits per heavy atom. The number of nitrogens with zero attached hydrogens (tertiary/aromatic N) is 3. The molecular formula is C21H26N4O. The highest BCUT2D eigenvalue weighted by Gasteiger charge is 2.18. The van der Waals surface area contributed by atoms with Gasteiger partial charge in [0.1, 0.15) is 0 Å². The van der Waals surface area contributed by atoms with Crippen LogP contribution < -0.4 is 0 Å². The van der Waals surface area contributed by atoms with Gasteiger partial charge in [-0.3, -0.25) is 9.89 Å². The number of aromatic amines is 1. The lowest BCUT2D eigenvalue weighted by molar-refractivity contribution is -0.130. The number of aromatic nitrogens is 3. The van der Waals surface area contributed by atoms with Crippen LogP contribution in [-0.4, -0.2) is 39.2 Å². The maximum absolute atomic E-state index is 12.5. The third-order valence-electron chi connectivity index (χ3n) is 5.50. The number of nitrogens with one attached hydrogen (secondary N) is 1. The number of carbonyl (C=O) groups excluding carboxylic acids is 1. The zero-order valence-corrected chi connectivity index (χ0v) is 15.4. The number of likely N-dealkylation sites (N-methyl/N-ethyl adjacent to an activating group) is 1. The zero-order chi connectivity index (χ0) is 17.9. The van der Waals surface area contributed by atoms with Crippen molar-refractivity contribution in [2.75, 3.05) is 13.6 Å². The molecule has 1 aliphatic rings. The van der Waals surface area contributed by atoms with Gasteiger partial charge in [0.05, 0.1) is 5.69 Å². The smallest absolute Gasteiger partial charge is 0.222 e. The lowest BCUT2D eigenvalue weighted by Gasteiger charge is -2.18. The fraction of sp³-hybridized carbons (Fsp3) is 0.429. The molecule has 0 unspecified atom stereocenters. The second-order valence-corrected chi connectivity index (χ2v) is 7.22. The van der Waals surface area contributed by atoms with Crippen molar-refractivity contribution in [2.45, 2.75) is 45.1 Å². The van der Waals surface area contributed by atoms with E-state index in [0.717, 1.165) is 38.0 Å². The lowest BCUT2D eigenvalue weighted by atomic mass is 9.94. The molecule has 0 saturated heterocycles. The maximum Gasteiger partial charge on any atom is 0.222 e. The molecule has 2 aromatic heterocycles. The average molecular weight is 350 g/mol. The molecule has 26 heavy (non-hydrogen) atoms. The van der Waals surface area contributed by atoms with Gasteiger partial charge in [-0.1, -0.05) is 18.2 Å². The van der Waals surface area contributed by atoms with E-state index in [-0.39, 0.29) is 5.91 Å². The summed E-state index contributed by atoms with van der Waals surface area (Å²) in [4.78, 5) is 14.3. The Balaban J connectivity index is 1.31. The Bertz CT molecular complexity index is 908. The summed E-state index contributed by atoms with van der Waals surface area (Å²) in [5, 5.41) is 8.85. The Morgan fingerprint density at radius 2 is 2.08 bits per heavy atom. The first-order chi connectivity index (χ1) is 12.7. The highest BCUT2D eigenvalue weighted by molar-refractivity contribution is 5.80. The van der Waals surface area contributed by atoms with Crippen LogP contribution in [0.3, 0.4) is 0 Å². The Labute approximate surface area is 154 Å². The first kappa shape index (κ1) is 16.9. The van der Waals surface area contributed by atoms with E-state index in [4.69, 9.17) is 0 Å². The summed E-state index contributed by atoms with van der Waals surface area (Å²) < 4.78 is 2.21. The van der Waals surface area contributed by atoms with Crippen LogP contribution in [0.2, 0.25) is 0 Å². The summed E-state index contributed by atoms with van der Waals surface area (Å²) >= 11 is 0. The van der Waals surface area contributed by atoms with Crippen molar-refractivity contribution in [2.24, 2.45) is 0 Å². The van der Waals surface area contributed by atoms with E-state index in [1.54, 1.807) is 0 Å². The summed E-state index contributed by atoms with van der Waals surface area (Å²) in [5.41, 5.74) is 4.96. The molecule has 4 rings (SSSR count). The maximum atomic E-state index is 12.5. The molecule has 0 fully saturated rings. The minimum atomic E-state index is 0.189. The van der Waals surface area contributed by atoms with Crippen LogP contribution in [0.1, 0.15) is 36.2 Å². The standard InChI is InChI=1S/C21H26N4O/c1-24(14-15-25-13-12-16-6-2-5-9-20(16)25)21(26)11-10-19-17-7-3-4-8-18(17)22-23-19/h2,5-6,9,12-13H,3-4,7-8,10-11,14-15H2,1H3,(H,22,23). The molecule has 0 radical (unpaired) electrons. The topological polar surface area (TPSA) is 53.9 Å². The predicted octanol–water partition coefficient (Wildman–Crippen LogP) is 3.33. The first-order valence-electron chi connectivity index (χ1n) is 9.55. The SMILES string of the molecule is CN(CCn1ccc2ccccc21)C(=O)CCc1n[nH]c2c1CCCC2. The molecule has 0 atom stereocenters. The highest BCUT2D eigenvalue weighted by atomic mass is 16.2. The summed E-state index contributed by atoms with van der Waals surface area (Å²) in [6.07, 6.45) is 8.04. The van der Waals surface area contributed by atoms with Gasteiger partial charge in [-0.25, -0.2) is 0 Å². The molecule has 0 bridgehead atoms. The van der Waals surface area contributed by atoms with Gasteiger partial charge < -0.3 is 9.47 Å². The van der Waals surface area contributed by atoms with Crippen molar-refractivity contribution in [1.82, 2.24) is 19.7 Å². The number of hydrogen-bond donors (Lipinski definition) is 1. The van der Waals surface area contributed by atoms with E-state index in [0.29, 0.717) is 6.42 Å². The molecular weight excluding hydrogens is 324 g/mol. The normalized spacial score (nSPS) is 13.7. The minimum Gasteiger partial charge on any atom is -0.346 e. The minimum absolute atomic E-state index is 0.189. The molecule has 1 amide bonds. The Kier molecular flexibility index (Phi) is 4.78. The molecule has 5 heteroatoms. The second-order valence-electron chi connectivity index (χ2n) is 7.22. The van der Waals surface area contributed by atoms with E-state index in [1.165, 1.54) is 35.0 Å². The number of fused-ring (bicyclic) bond motifs is 2. The van der Waals surface area contributed by atoms with Gasteiger partial charge in [0.15, 0.2) is 0 Å². The molecule has 0 spiro atoms. The van der Waals surface area contributed by atoms with E-state index >= 15 is 0 Å². The second kappa shape index (κ2) is 7.36. The Hall–Kier alpha value is -2.56. The summed E-state index contributed by atoms with van der Waals surface area (Å²) in [6, 6.07) is 10.5. The average Bonchev–Trinajstić information content (AvgIpc) is 3.28. The predicted molar refractivity (Wildman–Crippen MR) is 103 cm³/mol. The van der Waals surface area contributed by atoms with Crippen molar-refractivity contribution in [3.8, 4) is 0 Å². The van der Waals surface area contributed by atoms with Gasteiger partial charge in [-0.05, 0) is 48.8 Å². The number of H-pyrrole nitrogens is 1. The number of aryl methyl sites for hydroxylation is 2. The summed E-state index contributed by atoms with van der Waals surface area (Å²) in [5.74, 6) is 0.189. The number of amides is 1. The van der Waals surface area contributed by atoms with Crippen molar-refractivity contribution < 1.29 is 4.79 Å². The fourth-order valence-corrected chi connectivity index (χ4v) is 3.89. The van der Waals surface area contributed by atoms with Crippen molar-refractivity contribution in [1.29, 1.82) is 0 Å². The van der Waals surface area contributed by atoms with E-state index in [9.17, 15) is 4.79 Å². The molecule has 5 nitrogen and oxygen atoms in total. The number of para-hydroxylation sites is 1. The molecule has 136 valence electrons. The number of benzene rings is 1. The third kappa shape index (κ3) is 3.39. The third-order valence-corrected chi connectivity index (χ3v) is 5.50. The summed E-state index contributed by atoms with van der Waals surface area (Å²) in [6.45, 7) is 1.53. The summed E-state index contributed by atoms with van der Waals surface area (Å²) in [7, 11) is 1.90. The zero-order valence-electron chi connectivity index (χ0n) is 15.4. The van der Waals surface area contributed by atoms with Crippen molar-refractivity contribution in [3.63, 3.8) is 0 Å². The van der Waals surface area contributed by atoms with Crippen LogP contribution in [-0.2, 0) is 30.6 Å². The van der Waals surface area contributed by atoms with E-state index in [2.05, 4.69) is 51.3 Å². The van der Waals surface area contributed by atoms with Crippen molar-refractivity contribution in [3.05, 3.63) is 53.5 Å². The Morgan fingerprint density at radius 1 is 1.23 bits per heavy atom. The quantitative estimate of drug-likeness (QED) is 0.741. The molecule has 1 N–H and O–H groups in total. The van der Waals surface area contributed by atoms with Gasteiger partial charge in [-0.15, -0.1) is 0 Å². The van der Waals surface area contributed by atoms with E-state index in [1.807, 2.05) is 11.9 Å². The monoisotopic (exact) mass is 350 g/mol. The van der Waals surface area contributed by atoms with Gasteiger partial charge in [0, 0.05) is 50.4 Å². The van der Waals surface area contributed by atoms with Crippen LogP contribution in [0, 0.1) is 0 Å². The van der Waals surface area contributed by atoms with Gasteiger partial charge in [0.2, 0.25) is 5.91 Å². The van der Waals surface area contributed by atoms with Gasteiger partial charge in [0.25, 0.3) is 0 Å². The number of carbonyl (C=O) groups is 1. The molecule has 1 aliphatic carbocycles. The molecule has 3 aromatic rings. The first-order valence-corrected chi connectivity index (χ1v) is 9.55. The van der Waals surface area contributed by atoms with Gasteiger partial charge in [-0.2, -0.15) is 5.10 Å². The molecule has 0 saturated carbocycles. The molecule has 2 heterocycles. The van der Waals surface area contributed by atoms with E-state index < -0.39 is 0 Å². The van der Waals surface area contributed by atoms with Crippen LogP contribution in [0.5, 0.6) is 0 Å². The number of rotatable bonds is 6. The number of hydrogen-bond acceptors (Lipinski definition) is 2. The van der Waals surface area contributed by atoms with Crippen molar-refractivity contribution >= 4 is 16.8 Å². The fourth-order valence-electron chi connectivity index (χ4n) is 3.89. The van der Waals surface area contributed by atoms with Crippen LogP contribution in [0.15, 0.2) is 36.5 Å². The highest BCUT2D eigenvalue weighted by Crippen LogP contribution is 2.23. The molecule has 1 aromatic carbocycles.